The van der Waals surface area contributed by atoms with Crippen LogP contribution in [0.25, 0.3) is 0 Å². The molecule has 0 atom stereocenters. The molecular formula is C13H26N2O. The third-order valence-corrected chi connectivity index (χ3v) is 3.58. The minimum atomic E-state index is -0.145. The molecule has 1 rings (SSSR count). The first-order valence-corrected chi connectivity index (χ1v) is 6.48. The van der Waals surface area contributed by atoms with Crippen LogP contribution >= 0.6 is 0 Å². The summed E-state index contributed by atoms with van der Waals surface area (Å²) >= 11 is 0. The van der Waals surface area contributed by atoms with Crippen molar-refractivity contribution in [3.05, 3.63) is 0 Å². The van der Waals surface area contributed by atoms with Gasteiger partial charge >= 0.3 is 0 Å². The molecule has 3 nitrogen and oxygen atoms in total. The van der Waals surface area contributed by atoms with Crippen LogP contribution in [-0.2, 0) is 4.74 Å². The smallest absolute Gasteiger partial charge is 0.0963 e. The average Bonchev–Trinajstić information content (AvgIpc) is 2.69. The first-order valence-electron chi connectivity index (χ1n) is 6.48. The number of nitrogens with one attached hydrogen (secondary N) is 1. The third-order valence-electron chi connectivity index (χ3n) is 3.58. The number of rotatable bonds is 7. The van der Waals surface area contributed by atoms with Gasteiger partial charge in [-0.25, -0.2) is 0 Å². The standard InChI is InChI=1S/C13H26N2O/c1-13(2,12(14)15)9-5-6-10-16-11-7-3-4-8-11/h11H,3-10H2,1-2H3,(H3,14,15). The molecule has 1 fully saturated rings. The topological polar surface area (TPSA) is 59.1 Å². The van der Waals surface area contributed by atoms with Gasteiger partial charge in [0.2, 0.25) is 0 Å². The lowest BCUT2D eigenvalue weighted by Crippen LogP contribution is -2.30. The summed E-state index contributed by atoms with van der Waals surface area (Å²) in [6.45, 7) is 4.94. The van der Waals surface area contributed by atoms with E-state index in [4.69, 9.17) is 15.9 Å². The van der Waals surface area contributed by atoms with E-state index in [-0.39, 0.29) is 5.41 Å². The second-order valence-electron chi connectivity index (χ2n) is 5.53. The number of amidine groups is 1. The lowest BCUT2D eigenvalue weighted by Gasteiger charge is -2.22. The third kappa shape index (κ3) is 4.52. The molecule has 0 aliphatic heterocycles. The molecular weight excluding hydrogens is 200 g/mol. The Bertz CT molecular complexity index is 220. The Labute approximate surface area is 99.3 Å². The van der Waals surface area contributed by atoms with Crippen molar-refractivity contribution in [2.45, 2.75) is 64.9 Å². The molecule has 94 valence electrons. The zero-order chi connectivity index (χ0) is 12.0. The Morgan fingerprint density at radius 3 is 2.50 bits per heavy atom. The highest BCUT2D eigenvalue weighted by atomic mass is 16.5. The molecule has 0 aromatic heterocycles. The summed E-state index contributed by atoms with van der Waals surface area (Å²) in [5.41, 5.74) is 5.39. The van der Waals surface area contributed by atoms with Crippen molar-refractivity contribution in [1.82, 2.24) is 0 Å². The monoisotopic (exact) mass is 226 g/mol. The van der Waals surface area contributed by atoms with E-state index in [1.165, 1.54) is 25.7 Å². The van der Waals surface area contributed by atoms with Gasteiger partial charge in [0, 0.05) is 12.0 Å². The van der Waals surface area contributed by atoms with E-state index in [0.29, 0.717) is 11.9 Å². The summed E-state index contributed by atoms with van der Waals surface area (Å²) in [6.07, 6.45) is 8.87. The van der Waals surface area contributed by atoms with Crippen molar-refractivity contribution in [2.75, 3.05) is 6.61 Å². The lowest BCUT2D eigenvalue weighted by molar-refractivity contribution is 0.0550. The van der Waals surface area contributed by atoms with Gasteiger partial charge in [0.15, 0.2) is 0 Å². The summed E-state index contributed by atoms with van der Waals surface area (Å²) in [4.78, 5) is 0. The molecule has 0 aromatic rings. The Morgan fingerprint density at radius 1 is 1.31 bits per heavy atom. The molecule has 0 radical (unpaired) electrons. The van der Waals surface area contributed by atoms with Gasteiger partial charge in [0.1, 0.15) is 0 Å². The van der Waals surface area contributed by atoms with Gasteiger partial charge in [-0.1, -0.05) is 33.1 Å². The molecule has 0 bridgehead atoms. The minimum Gasteiger partial charge on any atom is -0.387 e. The van der Waals surface area contributed by atoms with Crippen molar-refractivity contribution in [2.24, 2.45) is 11.1 Å². The van der Waals surface area contributed by atoms with Crippen LogP contribution in [0, 0.1) is 10.8 Å². The maximum atomic E-state index is 7.46. The van der Waals surface area contributed by atoms with Crippen LogP contribution in [0.1, 0.15) is 58.8 Å². The largest absolute Gasteiger partial charge is 0.387 e. The minimum absolute atomic E-state index is 0.145. The maximum absolute atomic E-state index is 7.46. The van der Waals surface area contributed by atoms with Gasteiger partial charge < -0.3 is 10.5 Å². The second-order valence-corrected chi connectivity index (χ2v) is 5.53. The Balaban J connectivity index is 2.01. The van der Waals surface area contributed by atoms with E-state index in [0.717, 1.165) is 25.9 Å². The fourth-order valence-corrected chi connectivity index (χ4v) is 2.11. The first-order chi connectivity index (χ1) is 7.52. The summed E-state index contributed by atoms with van der Waals surface area (Å²) in [5.74, 6) is 0.296. The van der Waals surface area contributed by atoms with Crippen LogP contribution in [0.4, 0.5) is 0 Å². The van der Waals surface area contributed by atoms with E-state index in [9.17, 15) is 0 Å². The quantitative estimate of drug-likeness (QED) is 0.398. The highest BCUT2D eigenvalue weighted by molar-refractivity contribution is 5.82. The summed E-state index contributed by atoms with van der Waals surface area (Å²) in [7, 11) is 0. The van der Waals surface area contributed by atoms with Crippen molar-refractivity contribution in [1.29, 1.82) is 5.41 Å². The van der Waals surface area contributed by atoms with E-state index >= 15 is 0 Å². The predicted molar refractivity (Wildman–Crippen MR) is 67.8 cm³/mol. The van der Waals surface area contributed by atoms with Crippen LogP contribution in [0.3, 0.4) is 0 Å². The highest BCUT2D eigenvalue weighted by Gasteiger charge is 2.20. The molecule has 3 heteroatoms. The Kier molecular flexibility index (Phi) is 5.26. The molecule has 0 amide bonds. The summed E-state index contributed by atoms with van der Waals surface area (Å²) in [6, 6.07) is 0. The van der Waals surface area contributed by atoms with Crippen molar-refractivity contribution in [3.8, 4) is 0 Å². The van der Waals surface area contributed by atoms with Crippen LogP contribution in [0.15, 0.2) is 0 Å². The van der Waals surface area contributed by atoms with Crippen LogP contribution in [0.2, 0.25) is 0 Å². The molecule has 1 aliphatic carbocycles. The molecule has 0 saturated heterocycles. The molecule has 1 aliphatic rings. The van der Waals surface area contributed by atoms with Gasteiger partial charge in [-0.15, -0.1) is 0 Å². The van der Waals surface area contributed by atoms with E-state index in [1.54, 1.807) is 0 Å². The molecule has 1 saturated carbocycles. The Morgan fingerprint density at radius 2 is 1.94 bits per heavy atom. The molecule has 0 aromatic carbocycles. The van der Waals surface area contributed by atoms with Gasteiger partial charge in [-0.05, 0) is 25.7 Å². The van der Waals surface area contributed by atoms with Crippen LogP contribution < -0.4 is 5.73 Å². The number of hydrogen-bond donors (Lipinski definition) is 2. The maximum Gasteiger partial charge on any atom is 0.0963 e. The van der Waals surface area contributed by atoms with Crippen molar-refractivity contribution < 1.29 is 4.74 Å². The SMILES string of the molecule is CC(C)(CCCCOC1CCCC1)C(=N)N. The zero-order valence-electron chi connectivity index (χ0n) is 10.7. The van der Waals surface area contributed by atoms with Gasteiger partial charge in [-0.3, -0.25) is 5.41 Å². The summed E-state index contributed by atoms with van der Waals surface area (Å²) in [5, 5.41) is 7.46. The van der Waals surface area contributed by atoms with Gasteiger partial charge in [-0.2, -0.15) is 0 Å². The number of nitrogens with two attached hydrogens (primary N) is 1. The van der Waals surface area contributed by atoms with E-state index in [1.807, 2.05) is 13.8 Å². The van der Waals surface area contributed by atoms with E-state index < -0.39 is 0 Å². The van der Waals surface area contributed by atoms with Crippen LogP contribution in [-0.4, -0.2) is 18.5 Å². The second kappa shape index (κ2) is 6.24. The van der Waals surface area contributed by atoms with E-state index in [2.05, 4.69) is 0 Å². The summed E-state index contributed by atoms with van der Waals surface area (Å²) < 4.78 is 5.79. The highest BCUT2D eigenvalue weighted by Crippen LogP contribution is 2.24. The lowest BCUT2D eigenvalue weighted by atomic mass is 9.86. The van der Waals surface area contributed by atoms with Crippen molar-refractivity contribution in [3.63, 3.8) is 0 Å². The van der Waals surface area contributed by atoms with Gasteiger partial charge in [0.25, 0.3) is 0 Å². The predicted octanol–water partition coefficient (Wildman–Crippen LogP) is 3.08. The fraction of sp³-hybridized carbons (Fsp3) is 0.923. The Hall–Kier alpha value is -0.570. The normalized spacial score (nSPS) is 17.9. The van der Waals surface area contributed by atoms with Crippen molar-refractivity contribution >= 4 is 5.84 Å². The fourth-order valence-electron chi connectivity index (χ4n) is 2.11. The van der Waals surface area contributed by atoms with Gasteiger partial charge in [0.05, 0.1) is 11.9 Å². The molecule has 0 unspecified atom stereocenters. The number of ether oxygens (including phenoxy) is 1. The number of unbranched alkanes of at least 4 members (excludes halogenated alkanes) is 1. The first kappa shape index (κ1) is 13.5. The molecule has 0 spiro atoms. The van der Waals surface area contributed by atoms with Crippen LogP contribution in [0.5, 0.6) is 0 Å². The zero-order valence-corrected chi connectivity index (χ0v) is 10.7. The molecule has 0 heterocycles. The molecule has 3 N–H and O–H groups in total. The molecule has 16 heavy (non-hydrogen) atoms. The average molecular weight is 226 g/mol. The number of hydrogen-bond acceptors (Lipinski definition) is 2.